The van der Waals surface area contributed by atoms with Crippen LogP contribution in [0.3, 0.4) is 0 Å². The highest BCUT2D eigenvalue weighted by atomic mass is 19.5. The standard InChI is InChI=1S/C11H14O4.BF4/c1-3-8-7(9(12)13)5-4-6-11(8,2)10(14)15;2-1(3,4)5/h4-6,8H,3H2,1-2H3,(H,12,13)(H,14,15);/q;-1. The van der Waals surface area contributed by atoms with Gasteiger partial charge in [0.15, 0.2) is 0 Å². The van der Waals surface area contributed by atoms with Crippen molar-refractivity contribution in [3.63, 3.8) is 0 Å². The van der Waals surface area contributed by atoms with Crippen molar-refractivity contribution in [2.45, 2.75) is 20.3 Å². The molecule has 0 fully saturated rings. The van der Waals surface area contributed by atoms with Gasteiger partial charge < -0.3 is 27.5 Å². The van der Waals surface area contributed by atoms with E-state index in [2.05, 4.69) is 0 Å². The Balaban J connectivity index is 0.000000621. The van der Waals surface area contributed by atoms with Crippen LogP contribution in [-0.4, -0.2) is 29.4 Å². The van der Waals surface area contributed by atoms with Crippen LogP contribution in [0.15, 0.2) is 23.8 Å². The van der Waals surface area contributed by atoms with Crippen LogP contribution >= 0.6 is 0 Å². The molecule has 0 aromatic rings. The number of hydrogen-bond acceptors (Lipinski definition) is 2. The van der Waals surface area contributed by atoms with Crippen molar-refractivity contribution in [2.24, 2.45) is 11.3 Å². The normalized spacial score (nSPS) is 25.3. The van der Waals surface area contributed by atoms with E-state index in [4.69, 9.17) is 10.2 Å². The van der Waals surface area contributed by atoms with Crippen LogP contribution in [0.4, 0.5) is 17.3 Å². The number of carboxylic acids is 2. The largest absolute Gasteiger partial charge is 0.673 e. The van der Waals surface area contributed by atoms with E-state index in [0.717, 1.165) is 0 Å². The molecule has 20 heavy (non-hydrogen) atoms. The van der Waals surface area contributed by atoms with Crippen LogP contribution in [0.1, 0.15) is 20.3 Å². The lowest BCUT2D eigenvalue weighted by Crippen LogP contribution is -2.38. The van der Waals surface area contributed by atoms with Gasteiger partial charge >= 0.3 is 19.2 Å². The summed E-state index contributed by atoms with van der Waals surface area (Å²) in [5.41, 5.74) is -0.943. The molecule has 0 aromatic heterocycles. The minimum absolute atomic E-state index is 0.171. The minimum Gasteiger partial charge on any atom is -0.481 e. The first-order valence-corrected chi connectivity index (χ1v) is 5.67. The maximum absolute atomic E-state index is 11.1. The van der Waals surface area contributed by atoms with Gasteiger partial charge in [-0.1, -0.05) is 25.2 Å². The molecule has 1 aliphatic carbocycles. The molecule has 1 rings (SSSR count). The van der Waals surface area contributed by atoms with Crippen molar-refractivity contribution in [2.75, 3.05) is 0 Å². The highest BCUT2D eigenvalue weighted by Crippen LogP contribution is 2.39. The molecule has 0 heterocycles. The zero-order valence-corrected chi connectivity index (χ0v) is 10.8. The van der Waals surface area contributed by atoms with E-state index in [-0.39, 0.29) is 5.57 Å². The third-order valence-corrected chi connectivity index (χ3v) is 2.93. The Bertz CT molecular complexity index is 438. The first-order chi connectivity index (χ1) is 8.93. The van der Waals surface area contributed by atoms with Crippen LogP contribution in [0, 0.1) is 11.3 Å². The summed E-state index contributed by atoms with van der Waals surface area (Å²) in [7, 11) is -6.00. The highest BCUT2D eigenvalue weighted by Gasteiger charge is 2.43. The summed E-state index contributed by atoms with van der Waals surface area (Å²) in [5.74, 6) is -2.51. The van der Waals surface area contributed by atoms with Crippen LogP contribution in [-0.2, 0) is 9.59 Å². The molecule has 0 saturated carbocycles. The molecule has 1 aliphatic rings. The second-order valence-electron chi connectivity index (χ2n) is 4.33. The maximum Gasteiger partial charge on any atom is 0.673 e. The van der Waals surface area contributed by atoms with Crippen molar-refractivity contribution in [1.82, 2.24) is 0 Å². The van der Waals surface area contributed by atoms with Crippen LogP contribution < -0.4 is 0 Å². The molecular formula is C11H14BF4O4-. The maximum atomic E-state index is 11.1. The van der Waals surface area contributed by atoms with E-state index in [1.807, 2.05) is 0 Å². The second-order valence-corrected chi connectivity index (χ2v) is 4.33. The number of carboxylic acid groups (broad SMARTS) is 2. The lowest BCUT2D eigenvalue weighted by Gasteiger charge is -2.33. The minimum atomic E-state index is -6.00. The van der Waals surface area contributed by atoms with E-state index >= 15 is 0 Å². The quantitative estimate of drug-likeness (QED) is 0.620. The van der Waals surface area contributed by atoms with Crippen LogP contribution in [0.25, 0.3) is 0 Å². The van der Waals surface area contributed by atoms with Gasteiger partial charge in [-0.05, 0) is 13.3 Å². The van der Waals surface area contributed by atoms with E-state index in [0.29, 0.717) is 6.42 Å². The fourth-order valence-electron chi connectivity index (χ4n) is 1.99. The number of hydrogen-bond donors (Lipinski definition) is 2. The first kappa shape index (κ1) is 18.2. The highest BCUT2D eigenvalue weighted by molar-refractivity contribution is 6.50. The smallest absolute Gasteiger partial charge is 0.481 e. The van der Waals surface area contributed by atoms with Crippen LogP contribution in [0.5, 0.6) is 0 Å². The molecule has 4 nitrogen and oxygen atoms in total. The third-order valence-electron chi connectivity index (χ3n) is 2.93. The predicted molar refractivity (Wildman–Crippen MR) is 64.6 cm³/mol. The van der Waals surface area contributed by atoms with Crippen molar-refractivity contribution in [1.29, 1.82) is 0 Å². The van der Waals surface area contributed by atoms with Gasteiger partial charge in [-0.2, -0.15) is 0 Å². The Morgan fingerprint density at radius 1 is 1.30 bits per heavy atom. The molecule has 2 unspecified atom stereocenters. The molecule has 2 atom stereocenters. The Morgan fingerprint density at radius 2 is 1.75 bits per heavy atom. The van der Waals surface area contributed by atoms with E-state index in [1.54, 1.807) is 19.9 Å². The fraction of sp³-hybridized carbons (Fsp3) is 0.455. The summed E-state index contributed by atoms with van der Waals surface area (Å²) in [6, 6.07) is 0. The van der Waals surface area contributed by atoms with Gasteiger partial charge in [0, 0.05) is 11.5 Å². The number of halogens is 4. The molecule has 2 N–H and O–H groups in total. The Hall–Kier alpha value is -1.80. The van der Waals surface area contributed by atoms with Crippen molar-refractivity contribution >= 4 is 19.2 Å². The Morgan fingerprint density at radius 3 is 2.05 bits per heavy atom. The van der Waals surface area contributed by atoms with Gasteiger partial charge in [-0.15, -0.1) is 0 Å². The number of rotatable bonds is 3. The van der Waals surface area contributed by atoms with Crippen molar-refractivity contribution < 1.29 is 37.1 Å². The van der Waals surface area contributed by atoms with Gasteiger partial charge in [-0.25, -0.2) is 4.79 Å². The summed E-state index contributed by atoms with van der Waals surface area (Å²) >= 11 is 0. The van der Waals surface area contributed by atoms with E-state index in [1.165, 1.54) is 12.2 Å². The molecule has 0 aromatic carbocycles. The van der Waals surface area contributed by atoms with Gasteiger partial charge in [0.1, 0.15) is 0 Å². The topological polar surface area (TPSA) is 74.6 Å². The van der Waals surface area contributed by atoms with Gasteiger partial charge in [-0.3, -0.25) is 4.79 Å². The molecule has 0 radical (unpaired) electrons. The molecule has 9 heteroatoms. The average molecular weight is 297 g/mol. The molecule has 0 amide bonds. The molecule has 0 aliphatic heterocycles. The van der Waals surface area contributed by atoms with Crippen molar-refractivity contribution in [3.05, 3.63) is 23.8 Å². The lowest BCUT2D eigenvalue weighted by molar-refractivity contribution is -0.147. The molecule has 0 spiro atoms. The van der Waals surface area contributed by atoms with Crippen molar-refractivity contribution in [3.8, 4) is 0 Å². The van der Waals surface area contributed by atoms with Crippen LogP contribution in [0.2, 0.25) is 0 Å². The average Bonchev–Trinajstić information content (AvgIpc) is 2.25. The predicted octanol–water partition coefficient (Wildman–Crippen LogP) is 2.98. The zero-order valence-electron chi connectivity index (χ0n) is 10.8. The van der Waals surface area contributed by atoms with E-state index in [9.17, 15) is 26.9 Å². The molecule has 0 bridgehead atoms. The Kier molecular flexibility index (Phi) is 5.99. The SMILES string of the molecule is CCC1C(C(=O)O)=CC=CC1(C)C(=O)O.F[B-](F)(F)F. The molecule has 0 saturated heterocycles. The number of allylic oxidation sites excluding steroid dienone is 2. The number of aliphatic carboxylic acids is 2. The summed E-state index contributed by atoms with van der Waals surface area (Å²) in [5, 5.41) is 18.1. The number of carbonyl (C=O) groups is 2. The van der Waals surface area contributed by atoms with E-state index < -0.39 is 30.5 Å². The fourth-order valence-corrected chi connectivity index (χ4v) is 1.99. The third kappa shape index (κ3) is 5.06. The second kappa shape index (κ2) is 6.58. The Labute approximate surface area is 112 Å². The summed E-state index contributed by atoms with van der Waals surface area (Å²) in [4.78, 5) is 22.1. The van der Waals surface area contributed by atoms with Gasteiger partial charge in [0.05, 0.1) is 5.41 Å². The summed E-state index contributed by atoms with van der Waals surface area (Å²) < 4.78 is 39.0. The summed E-state index contributed by atoms with van der Waals surface area (Å²) in [6.07, 6.45) is 5.02. The summed E-state index contributed by atoms with van der Waals surface area (Å²) in [6.45, 7) is 3.34. The van der Waals surface area contributed by atoms with Gasteiger partial charge in [0.2, 0.25) is 0 Å². The van der Waals surface area contributed by atoms with Gasteiger partial charge in [0.25, 0.3) is 0 Å². The monoisotopic (exact) mass is 297 g/mol. The first-order valence-electron chi connectivity index (χ1n) is 5.67. The lowest BCUT2D eigenvalue weighted by atomic mass is 9.69. The molecule has 114 valence electrons. The zero-order chi connectivity index (χ0) is 16.1. The molecular weight excluding hydrogens is 283 g/mol.